The van der Waals surface area contributed by atoms with Gasteiger partial charge in [0.1, 0.15) is 0 Å². The van der Waals surface area contributed by atoms with Crippen LogP contribution in [0.2, 0.25) is 0 Å². The van der Waals surface area contributed by atoms with Crippen LogP contribution in [0.1, 0.15) is 18.9 Å². The van der Waals surface area contributed by atoms with Crippen molar-refractivity contribution in [3.63, 3.8) is 0 Å². The lowest BCUT2D eigenvalue weighted by Gasteiger charge is -2.36. The summed E-state index contributed by atoms with van der Waals surface area (Å²) in [4.78, 5) is 2.27. The molecule has 0 saturated carbocycles. The Kier molecular flexibility index (Phi) is 3.49. The largest absolute Gasteiger partial charge is 0.309 e. The van der Waals surface area contributed by atoms with Gasteiger partial charge in [0, 0.05) is 12.0 Å². The maximum Gasteiger partial charge on any atom is 0.00922 e. The van der Waals surface area contributed by atoms with Gasteiger partial charge in [0.15, 0.2) is 0 Å². The van der Waals surface area contributed by atoms with Gasteiger partial charge < -0.3 is 4.90 Å². The molecule has 0 aliphatic heterocycles. The van der Waals surface area contributed by atoms with E-state index in [1.165, 1.54) is 11.1 Å². The molecule has 0 fully saturated rings. The fraction of sp³-hybridized carbons (Fsp3) is 0.375. The number of hydrogen-bond acceptors (Lipinski definition) is 1. The Hall–Kier alpha value is -1.34. The Morgan fingerprint density at radius 1 is 1.18 bits per heavy atom. The third-order valence-electron chi connectivity index (χ3n) is 3.37. The summed E-state index contributed by atoms with van der Waals surface area (Å²) in [6, 6.07) is 10.7. The monoisotopic (exact) mass is 227 g/mol. The van der Waals surface area contributed by atoms with Crippen LogP contribution in [0.3, 0.4) is 0 Å². The summed E-state index contributed by atoms with van der Waals surface area (Å²) < 4.78 is 0. The molecule has 1 aromatic rings. The average Bonchev–Trinajstić information content (AvgIpc) is 2.29. The van der Waals surface area contributed by atoms with Crippen molar-refractivity contribution in [2.75, 3.05) is 20.6 Å². The Morgan fingerprint density at radius 3 is 2.53 bits per heavy atom. The summed E-state index contributed by atoms with van der Waals surface area (Å²) in [6.45, 7) is 3.44. The topological polar surface area (TPSA) is 3.24 Å². The van der Waals surface area contributed by atoms with E-state index in [2.05, 4.69) is 74.5 Å². The molecule has 0 amide bonds. The van der Waals surface area contributed by atoms with Crippen molar-refractivity contribution in [1.82, 2.24) is 4.90 Å². The standard InChI is InChI=1S/C16H21N/c1-16(13-17(2)3)12-8-7-11-15(16)14-9-5-4-6-10-14/h4-11H,12-13H2,1-3H3. The van der Waals surface area contributed by atoms with Gasteiger partial charge in [-0.2, -0.15) is 0 Å². The molecule has 1 aliphatic rings. The van der Waals surface area contributed by atoms with E-state index in [1.54, 1.807) is 0 Å². The lowest BCUT2D eigenvalue weighted by Crippen LogP contribution is -2.32. The van der Waals surface area contributed by atoms with Crippen molar-refractivity contribution in [3.05, 3.63) is 54.1 Å². The Morgan fingerprint density at radius 2 is 1.88 bits per heavy atom. The predicted octanol–water partition coefficient (Wildman–Crippen LogP) is 3.60. The number of rotatable bonds is 3. The number of benzene rings is 1. The van der Waals surface area contributed by atoms with E-state index < -0.39 is 0 Å². The van der Waals surface area contributed by atoms with Crippen LogP contribution >= 0.6 is 0 Å². The number of allylic oxidation sites excluding steroid dienone is 3. The van der Waals surface area contributed by atoms with Crippen LogP contribution in [0, 0.1) is 5.41 Å². The molecule has 0 saturated heterocycles. The minimum atomic E-state index is 0.222. The first-order valence-electron chi connectivity index (χ1n) is 6.19. The lowest BCUT2D eigenvalue weighted by atomic mass is 9.73. The predicted molar refractivity (Wildman–Crippen MR) is 74.8 cm³/mol. The van der Waals surface area contributed by atoms with Gasteiger partial charge in [0.25, 0.3) is 0 Å². The zero-order valence-corrected chi connectivity index (χ0v) is 11.0. The molecule has 0 N–H and O–H groups in total. The highest BCUT2D eigenvalue weighted by Gasteiger charge is 2.30. The third-order valence-corrected chi connectivity index (χ3v) is 3.37. The van der Waals surface area contributed by atoms with Crippen LogP contribution in [0.5, 0.6) is 0 Å². The number of hydrogen-bond donors (Lipinski definition) is 0. The molecule has 0 heterocycles. The fourth-order valence-electron chi connectivity index (χ4n) is 2.71. The minimum Gasteiger partial charge on any atom is -0.309 e. The summed E-state index contributed by atoms with van der Waals surface area (Å²) in [5.41, 5.74) is 3.02. The molecule has 0 spiro atoms. The Labute approximate surface area is 104 Å². The summed E-state index contributed by atoms with van der Waals surface area (Å²) in [5, 5.41) is 0. The second-order valence-corrected chi connectivity index (χ2v) is 5.38. The van der Waals surface area contributed by atoms with Crippen LogP contribution in [-0.4, -0.2) is 25.5 Å². The highest BCUT2D eigenvalue weighted by molar-refractivity contribution is 5.73. The summed E-state index contributed by atoms with van der Waals surface area (Å²) in [5.74, 6) is 0. The first kappa shape index (κ1) is 12.1. The van der Waals surface area contributed by atoms with Crippen molar-refractivity contribution in [3.8, 4) is 0 Å². The van der Waals surface area contributed by atoms with E-state index in [9.17, 15) is 0 Å². The zero-order valence-electron chi connectivity index (χ0n) is 11.0. The van der Waals surface area contributed by atoms with Gasteiger partial charge in [0.2, 0.25) is 0 Å². The SMILES string of the molecule is CN(C)CC1(C)CC=CC=C1c1ccccc1. The quantitative estimate of drug-likeness (QED) is 0.762. The maximum atomic E-state index is 2.36. The molecular weight excluding hydrogens is 206 g/mol. The molecule has 1 aromatic carbocycles. The highest BCUT2D eigenvalue weighted by atomic mass is 15.1. The highest BCUT2D eigenvalue weighted by Crippen LogP contribution is 2.41. The molecule has 1 aliphatic carbocycles. The summed E-state index contributed by atoms with van der Waals surface area (Å²) in [6.07, 6.45) is 7.84. The Balaban J connectivity index is 2.35. The number of nitrogens with zero attached hydrogens (tertiary/aromatic N) is 1. The van der Waals surface area contributed by atoms with Gasteiger partial charge in [-0.1, -0.05) is 55.5 Å². The molecule has 1 nitrogen and oxygen atoms in total. The van der Waals surface area contributed by atoms with E-state index in [4.69, 9.17) is 0 Å². The van der Waals surface area contributed by atoms with Crippen molar-refractivity contribution in [2.24, 2.45) is 5.41 Å². The van der Waals surface area contributed by atoms with Crippen LogP contribution in [0.15, 0.2) is 48.6 Å². The van der Waals surface area contributed by atoms with Crippen molar-refractivity contribution >= 4 is 5.57 Å². The second-order valence-electron chi connectivity index (χ2n) is 5.38. The van der Waals surface area contributed by atoms with E-state index >= 15 is 0 Å². The van der Waals surface area contributed by atoms with Gasteiger partial charge >= 0.3 is 0 Å². The normalized spacial score (nSPS) is 23.9. The van der Waals surface area contributed by atoms with Gasteiger partial charge in [-0.25, -0.2) is 0 Å². The first-order chi connectivity index (χ1) is 8.12. The third kappa shape index (κ3) is 2.67. The molecule has 0 radical (unpaired) electrons. The van der Waals surface area contributed by atoms with Crippen molar-refractivity contribution in [2.45, 2.75) is 13.3 Å². The fourth-order valence-corrected chi connectivity index (χ4v) is 2.71. The molecule has 2 rings (SSSR count). The van der Waals surface area contributed by atoms with Crippen LogP contribution < -0.4 is 0 Å². The van der Waals surface area contributed by atoms with Gasteiger partial charge in [-0.3, -0.25) is 0 Å². The molecular formula is C16H21N. The van der Waals surface area contributed by atoms with Crippen molar-refractivity contribution < 1.29 is 0 Å². The molecule has 1 unspecified atom stereocenters. The molecule has 90 valence electrons. The smallest absolute Gasteiger partial charge is 0.00922 e. The van der Waals surface area contributed by atoms with Gasteiger partial charge in [0.05, 0.1) is 0 Å². The maximum absolute atomic E-state index is 2.36. The molecule has 1 atom stereocenters. The van der Waals surface area contributed by atoms with Crippen molar-refractivity contribution in [1.29, 1.82) is 0 Å². The average molecular weight is 227 g/mol. The van der Waals surface area contributed by atoms with Gasteiger partial charge in [-0.05, 0) is 31.7 Å². The van der Waals surface area contributed by atoms with Crippen LogP contribution in [0.4, 0.5) is 0 Å². The van der Waals surface area contributed by atoms with E-state index in [0.717, 1.165) is 13.0 Å². The summed E-state index contributed by atoms with van der Waals surface area (Å²) >= 11 is 0. The molecule has 0 aromatic heterocycles. The lowest BCUT2D eigenvalue weighted by molar-refractivity contribution is 0.283. The van der Waals surface area contributed by atoms with Crippen LogP contribution in [-0.2, 0) is 0 Å². The Bertz CT molecular complexity index is 428. The van der Waals surface area contributed by atoms with E-state index in [-0.39, 0.29) is 5.41 Å². The molecule has 17 heavy (non-hydrogen) atoms. The zero-order chi connectivity index (χ0) is 12.3. The van der Waals surface area contributed by atoms with Crippen LogP contribution in [0.25, 0.3) is 5.57 Å². The minimum absolute atomic E-state index is 0.222. The van der Waals surface area contributed by atoms with Gasteiger partial charge in [-0.15, -0.1) is 0 Å². The van der Waals surface area contributed by atoms with E-state index in [1.807, 2.05) is 0 Å². The second kappa shape index (κ2) is 4.89. The molecule has 0 bridgehead atoms. The molecule has 1 heteroatoms. The first-order valence-corrected chi connectivity index (χ1v) is 6.19. The van der Waals surface area contributed by atoms with E-state index in [0.29, 0.717) is 0 Å². The summed E-state index contributed by atoms with van der Waals surface area (Å²) in [7, 11) is 4.29.